The maximum absolute atomic E-state index is 11.9. The van der Waals surface area contributed by atoms with Gasteiger partial charge in [0.2, 0.25) is 10.0 Å². The predicted molar refractivity (Wildman–Crippen MR) is 77.1 cm³/mol. The van der Waals surface area contributed by atoms with Gasteiger partial charge in [0.25, 0.3) is 0 Å². The monoisotopic (exact) mass is 335 g/mol. The molecule has 2 N–H and O–H groups in total. The van der Waals surface area contributed by atoms with Gasteiger partial charge in [0.05, 0.1) is 35.1 Å². The molecule has 0 spiro atoms. The Morgan fingerprint density at radius 1 is 1.38 bits per heavy atom. The zero-order valence-corrected chi connectivity index (χ0v) is 12.7. The lowest BCUT2D eigenvalue weighted by molar-refractivity contribution is -0.142. The van der Waals surface area contributed by atoms with E-state index in [-0.39, 0.29) is 29.3 Å². The van der Waals surface area contributed by atoms with Crippen molar-refractivity contribution in [3.05, 3.63) is 28.8 Å². The molecule has 0 heterocycles. The van der Waals surface area contributed by atoms with E-state index in [0.717, 1.165) is 0 Å². The lowest BCUT2D eigenvalue weighted by Crippen LogP contribution is -2.21. The van der Waals surface area contributed by atoms with Gasteiger partial charge in [-0.25, -0.2) is 13.2 Å². The van der Waals surface area contributed by atoms with Gasteiger partial charge in [0.1, 0.15) is 0 Å². The first kappa shape index (κ1) is 17.3. The minimum Gasteiger partial charge on any atom is -0.478 e. The van der Waals surface area contributed by atoms with Gasteiger partial charge in [-0.3, -0.25) is 9.52 Å². The number of carbonyl (C=O) groups is 2. The number of ether oxygens (including phenoxy) is 1. The molecular weight excluding hydrogens is 322 g/mol. The molecule has 9 heteroatoms. The lowest BCUT2D eigenvalue weighted by atomic mass is 10.2. The summed E-state index contributed by atoms with van der Waals surface area (Å²) in [7, 11) is -3.93. The van der Waals surface area contributed by atoms with Gasteiger partial charge in [-0.2, -0.15) is 0 Å². The van der Waals surface area contributed by atoms with E-state index in [4.69, 9.17) is 16.7 Å². The van der Waals surface area contributed by atoms with E-state index >= 15 is 0 Å². The van der Waals surface area contributed by atoms with Crippen molar-refractivity contribution < 1.29 is 27.9 Å². The van der Waals surface area contributed by atoms with Crippen LogP contribution in [0.2, 0.25) is 5.02 Å². The third-order valence-corrected chi connectivity index (χ3v) is 3.95. The average Bonchev–Trinajstić information content (AvgIpc) is 2.39. The molecule has 116 valence electrons. The van der Waals surface area contributed by atoms with Crippen LogP contribution in [0.1, 0.15) is 23.7 Å². The van der Waals surface area contributed by atoms with Crippen molar-refractivity contribution in [1.29, 1.82) is 0 Å². The van der Waals surface area contributed by atoms with Gasteiger partial charge >= 0.3 is 11.9 Å². The number of carbonyl (C=O) groups excluding carboxylic acids is 1. The predicted octanol–water partition coefficient (Wildman–Crippen LogP) is 1.73. The quantitative estimate of drug-likeness (QED) is 0.734. The summed E-state index contributed by atoms with van der Waals surface area (Å²) in [5.74, 6) is -2.50. The van der Waals surface area contributed by atoms with Gasteiger partial charge < -0.3 is 9.84 Å². The molecule has 0 aliphatic rings. The van der Waals surface area contributed by atoms with Crippen LogP contribution in [-0.2, 0) is 19.6 Å². The molecule has 0 aromatic heterocycles. The number of nitrogens with one attached hydrogen (secondary N) is 1. The Hall–Kier alpha value is -1.80. The van der Waals surface area contributed by atoms with Gasteiger partial charge in [0.15, 0.2) is 0 Å². The van der Waals surface area contributed by atoms with Crippen LogP contribution in [0.15, 0.2) is 18.2 Å². The molecule has 1 rings (SSSR count). The number of sulfonamides is 1. The van der Waals surface area contributed by atoms with E-state index in [1.807, 2.05) is 0 Å². The van der Waals surface area contributed by atoms with Crippen LogP contribution < -0.4 is 4.72 Å². The minimum atomic E-state index is -3.93. The molecule has 0 fully saturated rings. The summed E-state index contributed by atoms with van der Waals surface area (Å²) in [4.78, 5) is 22.2. The third-order valence-electron chi connectivity index (χ3n) is 2.38. The molecule has 0 aliphatic heterocycles. The fourth-order valence-corrected chi connectivity index (χ4v) is 2.81. The van der Waals surface area contributed by atoms with Gasteiger partial charge in [0, 0.05) is 0 Å². The number of para-hydroxylation sites is 1. The second-order valence-electron chi connectivity index (χ2n) is 3.94. The number of carboxylic acid groups (broad SMARTS) is 1. The third kappa shape index (κ3) is 5.24. The Kier molecular flexibility index (Phi) is 5.98. The van der Waals surface area contributed by atoms with E-state index in [1.54, 1.807) is 6.92 Å². The summed E-state index contributed by atoms with van der Waals surface area (Å²) < 4.78 is 30.4. The second kappa shape index (κ2) is 7.28. The van der Waals surface area contributed by atoms with Crippen molar-refractivity contribution in [2.75, 3.05) is 17.1 Å². The lowest BCUT2D eigenvalue weighted by Gasteiger charge is -2.11. The number of halogens is 1. The standard InChI is InChI=1S/C12H14ClNO6S/c1-2-20-10(15)6-7-21(18,19)14-11-8(12(16)17)4-3-5-9(11)13/h3-5,14H,2,6-7H2,1H3,(H,16,17). The van der Waals surface area contributed by atoms with Crippen LogP contribution in [0.4, 0.5) is 5.69 Å². The maximum atomic E-state index is 11.9. The molecule has 0 bridgehead atoms. The Morgan fingerprint density at radius 2 is 2.05 bits per heavy atom. The molecule has 7 nitrogen and oxygen atoms in total. The summed E-state index contributed by atoms with van der Waals surface area (Å²) in [6.45, 7) is 1.76. The van der Waals surface area contributed by atoms with E-state index in [1.165, 1.54) is 18.2 Å². The molecule has 0 radical (unpaired) electrons. The number of hydrogen-bond donors (Lipinski definition) is 2. The smallest absolute Gasteiger partial charge is 0.337 e. The number of esters is 1. The summed E-state index contributed by atoms with van der Waals surface area (Å²) in [5.41, 5.74) is -0.502. The SMILES string of the molecule is CCOC(=O)CCS(=O)(=O)Nc1c(Cl)cccc1C(=O)O. The molecule has 1 aromatic rings. The van der Waals surface area contributed by atoms with Crippen molar-refractivity contribution >= 4 is 39.3 Å². The van der Waals surface area contributed by atoms with E-state index in [0.29, 0.717) is 0 Å². The normalized spacial score (nSPS) is 11.0. The van der Waals surface area contributed by atoms with Crippen molar-refractivity contribution in [2.24, 2.45) is 0 Å². The fourth-order valence-electron chi connectivity index (χ4n) is 1.46. The Morgan fingerprint density at radius 3 is 2.62 bits per heavy atom. The molecule has 0 saturated carbocycles. The first-order valence-corrected chi connectivity index (χ1v) is 7.97. The fraction of sp³-hybridized carbons (Fsp3) is 0.333. The van der Waals surface area contributed by atoms with Crippen LogP contribution in [0, 0.1) is 0 Å². The highest BCUT2D eigenvalue weighted by Gasteiger charge is 2.20. The van der Waals surface area contributed by atoms with E-state index < -0.39 is 27.7 Å². The number of rotatable bonds is 7. The highest BCUT2D eigenvalue weighted by molar-refractivity contribution is 7.92. The van der Waals surface area contributed by atoms with Crippen LogP contribution in [0.5, 0.6) is 0 Å². The molecule has 0 saturated heterocycles. The molecule has 1 aromatic carbocycles. The van der Waals surface area contributed by atoms with Crippen LogP contribution in [0.3, 0.4) is 0 Å². The number of hydrogen-bond acceptors (Lipinski definition) is 5. The average molecular weight is 336 g/mol. The molecule has 0 atom stereocenters. The van der Waals surface area contributed by atoms with Crippen LogP contribution >= 0.6 is 11.6 Å². The van der Waals surface area contributed by atoms with Crippen molar-refractivity contribution in [3.8, 4) is 0 Å². The molecule has 21 heavy (non-hydrogen) atoms. The first-order valence-electron chi connectivity index (χ1n) is 5.94. The highest BCUT2D eigenvalue weighted by atomic mass is 35.5. The van der Waals surface area contributed by atoms with Gasteiger partial charge in [-0.05, 0) is 19.1 Å². The van der Waals surface area contributed by atoms with Crippen molar-refractivity contribution in [2.45, 2.75) is 13.3 Å². The Bertz CT molecular complexity index is 643. The van der Waals surface area contributed by atoms with Gasteiger partial charge in [-0.15, -0.1) is 0 Å². The molecule has 0 unspecified atom stereocenters. The van der Waals surface area contributed by atoms with Crippen LogP contribution in [0.25, 0.3) is 0 Å². The second-order valence-corrected chi connectivity index (χ2v) is 6.19. The first-order chi connectivity index (χ1) is 9.76. The van der Waals surface area contributed by atoms with Crippen molar-refractivity contribution in [1.82, 2.24) is 0 Å². The van der Waals surface area contributed by atoms with Crippen LogP contribution in [-0.4, -0.2) is 37.8 Å². The summed E-state index contributed by atoms with van der Waals surface area (Å²) in [6.07, 6.45) is -0.337. The van der Waals surface area contributed by atoms with E-state index in [9.17, 15) is 18.0 Å². The number of benzene rings is 1. The number of anilines is 1. The largest absolute Gasteiger partial charge is 0.478 e. The molecular formula is C12H14ClNO6S. The Labute approximate surface area is 126 Å². The summed E-state index contributed by atoms with van der Waals surface area (Å²) in [6, 6.07) is 3.97. The van der Waals surface area contributed by atoms with E-state index in [2.05, 4.69) is 9.46 Å². The number of aromatic carboxylic acids is 1. The minimum absolute atomic E-state index is 0.0467. The molecule has 0 amide bonds. The zero-order chi connectivity index (χ0) is 16.0. The topological polar surface area (TPSA) is 110 Å². The maximum Gasteiger partial charge on any atom is 0.337 e. The Balaban J connectivity index is 2.90. The summed E-state index contributed by atoms with van der Waals surface area (Å²) >= 11 is 5.81. The number of carboxylic acids is 1. The zero-order valence-electron chi connectivity index (χ0n) is 11.1. The summed E-state index contributed by atoms with van der Waals surface area (Å²) in [5, 5.41) is 8.96. The molecule has 0 aliphatic carbocycles. The van der Waals surface area contributed by atoms with Crippen molar-refractivity contribution in [3.63, 3.8) is 0 Å². The highest BCUT2D eigenvalue weighted by Crippen LogP contribution is 2.27. The van der Waals surface area contributed by atoms with Gasteiger partial charge in [-0.1, -0.05) is 17.7 Å².